The molecule has 1 heterocycles. The van der Waals surface area contributed by atoms with Crippen LogP contribution in [0.2, 0.25) is 0 Å². The van der Waals surface area contributed by atoms with Gasteiger partial charge in [0, 0.05) is 24.4 Å². The van der Waals surface area contributed by atoms with Crippen LogP contribution in [0.1, 0.15) is 24.9 Å². The Labute approximate surface area is 195 Å². The van der Waals surface area contributed by atoms with Crippen molar-refractivity contribution in [3.63, 3.8) is 0 Å². The molecule has 0 fully saturated rings. The van der Waals surface area contributed by atoms with Crippen LogP contribution < -0.4 is 15.4 Å². The molecule has 3 rings (SSSR count). The molecule has 0 radical (unpaired) electrons. The van der Waals surface area contributed by atoms with Gasteiger partial charge in [-0.2, -0.15) is 0 Å². The number of carboxylic acids is 1. The number of methoxy groups -OCH3 is 1. The first-order valence-electron chi connectivity index (χ1n) is 10.3. The lowest BCUT2D eigenvalue weighted by Gasteiger charge is -2.28. The highest BCUT2D eigenvalue weighted by molar-refractivity contribution is 6.14. The normalized spacial score (nSPS) is 16.5. The smallest absolute Gasteiger partial charge is 0.316 e. The van der Waals surface area contributed by atoms with Gasteiger partial charge in [-0.25, -0.2) is 9.18 Å². The van der Waals surface area contributed by atoms with E-state index in [-0.39, 0.29) is 5.56 Å². The Hall–Kier alpha value is -4.21. The van der Waals surface area contributed by atoms with Gasteiger partial charge in [0.1, 0.15) is 11.6 Å². The summed E-state index contributed by atoms with van der Waals surface area (Å²) in [5.41, 5.74) is 1.64. The number of hydrogen-bond acceptors (Lipinski definition) is 5. The van der Waals surface area contributed by atoms with Gasteiger partial charge < -0.3 is 25.4 Å². The minimum atomic E-state index is -1.47. The average molecular weight is 469 g/mol. The standard InChI is InChI=1S/C24H24FN3O6/c1-13-9-20(29)22(23(32)28(13)2)27-24(33)26-19(12-21(30)31)17-11-15(7-8-18(17)25)14-5-4-6-16(10-14)34-3/h4-11,19,22H,12H2,1-3H3,(H,30,31)(H2,26,27,33)/t19-,22?/m0/s1. The number of likely N-dealkylation sites (N-methyl/N-ethyl adjacent to an activating group) is 1. The predicted octanol–water partition coefficient (Wildman–Crippen LogP) is 2.63. The second-order valence-electron chi connectivity index (χ2n) is 7.75. The van der Waals surface area contributed by atoms with Crippen molar-refractivity contribution >= 4 is 23.7 Å². The third-order valence-corrected chi connectivity index (χ3v) is 5.48. The maximum Gasteiger partial charge on any atom is 0.316 e. The van der Waals surface area contributed by atoms with Gasteiger partial charge in [-0.15, -0.1) is 0 Å². The molecule has 178 valence electrons. The van der Waals surface area contributed by atoms with E-state index in [2.05, 4.69) is 10.6 Å². The van der Waals surface area contributed by atoms with Gasteiger partial charge in [-0.1, -0.05) is 18.2 Å². The fraction of sp³-hybridized carbons (Fsp3) is 0.250. The van der Waals surface area contributed by atoms with Crippen LogP contribution in [-0.2, 0) is 14.4 Å². The van der Waals surface area contributed by atoms with E-state index in [0.29, 0.717) is 22.6 Å². The number of nitrogens with zero attached hydrogens (tertiary/aromatic N) is 1. The number of halogens is 1. The number of nitrogens with one attached hydrogen (secondary N) is 2. The second-order valence-corrected chi connectivity index (χ2v) is 7.75. The van der Waals surface area contributed by atoms with E-state index in [9.17, 15) is 28.7 Å². The zero-order valence-electron chi connectivity index (χ0n) is 18.8. The summed E-state index contributed by atoms with van der Waals surface area (Å²) in [6.45, 7) is 1.58. The molecule has 0 bridgehead atoms. The van der Waals surface area contributed by atoms with Gasteiger partial charge in [-0.3, -0.25) is 14.4 Å². The highest BCUT2D eigenvalue weighted by atomic mass is 19.1. The van der Waals surface area contributed by atoms with Gasteiger partial charge in [-0.05, 0) is 42.3 Å². The Kier molecular flexibility index (Phi) is 7.30. The Bertz CT molecular complexity index is 1180. The molecule has 3 N–H and O–H groups in total. The van der Waals surface area contributed by atoms with Gasteiger partial charge in [0.2, 0.25) is 0 Å². The van der Waals surface area contributed by atoms with E-state index >= 15 is 0 Å². The number of carbonyl (C=O) groups excluding carboxylic acids is 3. The number of aliphatic carboxylic acids is 1. The number of rotatable bonds is 7. The fourth-order valence-corrected chi connectivity index (χ4v) is 3.55. The first-order valence-corrected chi connectivity index (χ1v) is 10.3. The van der Waals surface area contributed by atoms with Gasteiger partial charge in [0.15, 0.2) is 11.8 Å². The zero-order chi connectivity index (χ0) is 25.0. The Morgan fingerprint density at radius 3 is 2.56 bits per heavy atom. The lowest BCUT2D eigenvalue weighted by molar-refractivity contribution is -0.138. The maximum absolute atomic E-state index is 14.7. The van der Waals surface area contributed by atoms with Gasteiger partial charge in [0.05, 0.1) is 19.6 Å². The molecule has 0 saturated heterocycles. The number of hydrogen-bond donors (Lipinski definition) is 3. The molecule has 1 unspecified atom stereocenters. The summed E-state index contributed by atoms with van der Waals surface area (Å²) in [6.07, 6.45) is 0.593. The number of ether oxygens (including phenoxy) is 1. The van der Waals surface area contributed by atoms with Crippen LogP contribution in [0.3, 0.4) is 0 Å². The van der Waals surface area contributed by atoms with Crippen molar-refractivity contribution in [1.29, 1.82) is 0 Å². The Morgan fingerprint density at radius 1 is 1.18 bits per heavy atom. The molecule has 1 aliphatic rings. The van der Waals surface area contributed by atoms with Crippen molar-refractivity contribution in [3.05, 3.63) is 65.6 Å². The minimum absolute atomic E-state index is 0.0629. The molecule has 0 saturated carbocycles. The quantitative estimate of drug-likeness (QED) is 0.536. The van der Waals surface area contributed by atoms with E-state index in [4.69, 9.17) is 4.74 Å². The van der Waals surface area contributed by atoms with E-state index < -0.39 is 48.0 Å². The molecule has 10 heteroatoms. The molecule has 2 atom stereocenters. The summed E-state index contributed by atoms with van der Waals surface area (Å²) in [5, 5.41) is 14.0. The van der Waals surface area contributed by atoms with E-state index in [1.54, 1.807) is 31.2 Å². The fourth-order valence-electron chi connectivity index (χ4n) is 3.55. The molecule has 0 spiro atoms. The van der Waals surface area contributed by atoms with E-state index in [1.165, 1.54) is 43.3 Å². The van der Waals surface area contributed by atoms with Crippen molar-refractivity contribution in [3.8, 4) is 16.9 Å². The van der Waals surface area contributed by atoms with Crippen LogP contribution in [0.15, 0.2) is 54.2 Å². The first kappa shape index (κ1) is 24.4. The first-order chi connectivity index (χ1) is 16.1. The monoisotopic (exact) mass is 469 g/mol. The second kappa shape index (κ2) is 10.2. The van der Waals surface area contributed by atoms with Crippen LogP contribution in [0.4, 0.5) is 9.18 Å². The number of urea groups is 1. The summed E-state index contributed by atoms with van der Waals surface area (Å²) in [6, 6.07) is 7.43. The number of benzene rings is 2. The van der Waals surface area contributed by atoms with Crippen LogP contribution >= 0.6 is 0 Å². The largest absolute Gasteiger partial charge is 0.497 e. The topological polar surface area (TPSA) is 125 Å². The van der Waals surface area contributed by atoms with Crippen LogP contribution in [-0.4, -0.2) is 53.9 Å². The van der Waals surface area contributed by atoms with Crippen LogP contribution in [0, 0.1) is 5.82 Å². The van der Waals surface area contributed by atoms with Crippen molar-refractivity contribution in [2.75, 3.05) is 14.2 Å². The van der Waals surface area contributed by atoms with Gasteiger partial charge >= 0.3 is 12.0 Å². The summed E-state index contributed by atoms with van der Waals surface area (Å²) in [4.78, 5) is 49.9. The number of amides is 3. The highest BCUT2D eigenvalue weighted by Gasteiger charge is 2.35. The van der Waals surface area contributed by atoms with Crippen molar-refractivity contribution in [2.24, 2.45) is 0 Å². The summed E-state index contributed by atoms with van der Waals surface area (Å²) >= 11 is 0. The summed E-state index contributed by atoms with van der Waals surface area (Å²) in [5.74, 6) is -2.67. The molecule has 2 aromatic carbocycles. The van der Waals surface area contributed by atoms with Crippen molar-refractivity contribution < 1.29 is 33.4 Å². The number of carboxylic acid groups (broad SMARTS) is 1. The third kappa shape index (κ3) is 5.40. The molecule has 2 aromatic rings. The zero-order valence-corrected chi connectivity index (χ0v) is 18.8. The van der Waals surface area contributed by atoms with Crippen molar-refractivity contribution in [1.82, 2.24) is 15.5 Å². The molecule has 9 nitrogen and oxygen atoms in total. The number of carbonyl (C=O) groups is 4. The molecular formula is C24H24FN3O6. The predicted molar refractivity (Wildman–Crippen MR) is 120 cm³/mol. The Morgan fingerprint density at radius 2 is 1.88 bits per heavy atom. The van der Waals surface area contributed by atoms with Crippen molar-refractivity contribution in [2.45, 2.75) is 25.4 Å². The third-order valence-electron chi connectivity index (χ3n) is 5.48. The van der Waals surface area contributed by atoms with Crippen LogP contribution in [0.5, 0.6) is 5.75 Å². The number of allylic oxidation sites excluding steroid dienone is 1. The average Bonchev–Trinajstić information content (AvgIpc) is 2.80. The molecule has 0 aromatic heterocycles. The number of ketones is 1. The SMILES string of the molecule is COc1cccc(-c2ccc(F)c([C@H](CC(=O)O)NC(=O)NC3C(=O)C=C(C)N(C)C3=O)c2)c1. The lowest BCUT2D eigenvalue weighted by Crippen LogP contribution is -2.56. The van der Waals surface area contributed by atoms with E-state index in [1.807, 2.05) is 0 Å². The molecule has 0 aliphatic carbocycles. The lowest BCUT2D eigenvalue weighted by atomic mass is 9.97. The molecule has 1 aliphatic heterocycles. The summed E-state index contributed by atoms with van der Waals surface area (Å²) < 4.78 is 20.0. The highest BCUT2D eigenvalue weighted by Crippen LogP contribution is 2.29. The maximum atomic E-state index is 14.7. The van der Waals surface area contributed by atoms with E-state index in [0.717, 1.165) is 0 Å². The van der Waals surface area contributed by atoms with Gasteiger partial charge in [0.25, 0.3) is 5.91 Å². The molecule has 3 amide bonds. The summed E-state index contributed by atoms with van der Waals surface area (Å²) in [7, 11) is 2.97. The Balaban J connectivity index is 1.87. The molecular weight excluding hydrogens is 445 g/mol. The van der Waals surface area contributed by atoms with Crippen LogP contribution in [0.25, 0.3) is 11.1 Å². The minimum Gasteiger partial charge on any atom is -0.497 e. The molecule has 34 heavy (non-hydrogen) atoms.